The van der Waals surface area contributed by atoms with Crippen molar-refractivity contribution in [3.05, 3.63) is 18.7 Å². The molecule has 0 aliphatic rings. The molecule has 0 fully saturated rings. The number of nitrogens with zero attached hydrogens (tertiary/aromatic N) is 3. The zero-order valence-corrected chi connectivity index (χ0v) is 14.0. The summed E-state index contributed by atoms with van der Waals surface area (Å²) >= 11 is 0. The van der Waals surface area contributed by atoms with Gasteiger partial charge in [0.1, 0.15) is 0 Å². The van der Waals surface area contributed by atoms with Crippen LogP contribution in [-0.4, -0.2) is 40.0 Å². The Hall–Kier alpha value is -0.780. The standard InChI is InChI=1S/C13H24N4O.2ClH/c1-11(2)12(14)4-7-16(3)13(18)5-8-17-9-6-15-10-17;;/h6,9-12H,4-5,7-8,14H2,1-3H3;2*1H. The van der Waals surface area contributed by atoms with Crippen LogP contribution in [-0.2, 0) is 11.3 Å². The van der Waals surface area contributed by atoms with Crippen LogP contribution < -0.4 is 5.73 Å². The van der Waals surface area contributed by atoms with Crippen LogP contribution in [0.4, 0.5) is 0 Å². The first-order valence-corrected chi connectivity index (χ1v) is 6.46. The number of hydrogen-bond acceptors (Lipinski definition) is 3. The molecule has 1 aromatic heterocycles. The van der Waals surface area contributed by atoms with Gasteiger partial charge in [-0.3, -0.25) is 4.79 Å². The molecule has 1 unspecified atom stereocenters. The van der Waals surface area contributed by atoms with Crippen molar-refractivity contribution in [1.82, 2.24) is 14.5 Å². The summed E-state index contributed by atoms with van der Waals surface area (Å²) < 4.78 is 1.91. The van der Waals surface area contributed by atoms with Gasteiger partial charge in [-0.05, 0) is 12.3 Å². The van der Waals surface area contributed by atoms with Gasteiger partial charge in [0, 0.05) is 45.0 Å². The molecular weight excluding hydrogens is 299 g/mol. The third-order valence-corrected chi connectivity index (χ3v) is 3.22. The summed E-state index contributed by atoms with van der Waals surface area (Å²) in [7, 11) is 1.84. The second kappa shape index (κ2) is 10.9. The maximum Gasteiger partial charge on any atom is 0.224 e. The topological polar surface area (TPSA) is 64.2 Å². The van der Waals surface area contributed by atoms with E-state index < -0.39 is 0 Å². The van der Waals surface area contributed by atoms with E-state index in [2.05, 4.69) is 18.8 Å². The molecular formula is C13H26Cl2N4O. The Labute approximate surface area is 133 Å². The van der Waals surface area contributed by atoms with Crippen LogP contribution in [0.5, 0.6) is 0 Å². The van der Waals surface area contributed by atoms with Crippen molar-refractivity contribution < 1.29 is 4.79 Å². The minimum atomic E-state index is 0. The minimum absolute atomic E-state index is 0. The summed E-state index contributed by atoms with van der Waals surface area (Å²) in [5, 5.41) is 0. The van der Waals surface area contributed by atoms with Crippen LogP contribution in [0, 0.1) is 5.92 Å². The van der Waals surface area contributed by atoms with Crippen LogP contribution in [0.3, 0.4) is 0 Å². The van der Waals surface area contributed by atoms with Crippen molar-refractivity contribution >= 4 is 30.7 Å². The molecule has 0 bridgehead atoms. The van der Waals surface area contributed by atoms with Crippen LogP contribution in [0.2, 0.25) is 0 Å². The molecule has 0 aromatic carbocycles. The molecule has 0 radical (unpaired) electrons. The predicted octanol–water partition coefficient (Wildman–Crippen LogP) is 1.95. The van der Waals surface area contributed by atoms with Crippen LogP contribution in [0.25, 0.3) is 0 Å². The molecule has 0 saturated carbocycles. The van der Waals surface area contributed by atoms with E-state index >= 15 is 0 Å². The number of carbonyl (C=O) groups is 1. The number of carbonyl (C=O) groups excluding carboxylic acids is 1. The van der Waals surface area contributed by atoms with E-state index in [1.54, 1.807) is 17.4 Å². The maximum atomic E-state index is 11.9. The van der Waals surface area contributed by atoms with E-state index in [4.69, 9.17) is 5.73 Å². The summed E-state index contributed by atoms with van der Waals surface area (Å²) in [6.45, 7) is 5.61. The van der Waals surface area contributed by atoms with Crippen molar-refractivity contribution in [3.63, 3.8) is 0 Å². The fourth-order valence-electron chi connectivity index (χ4n) is 1.64. The summed E-state index contributed by atoms with van der Waals surface area (Å²) in [5.74, 6) is 0.610. The molecule has 1 atom stereocenters. The van der Waals surface area contributed by atoms with Crippen molar-refractivity contribution in [2.75, 3.05) is 13.6 Å². The first kappa shape index (κ1) is 21.5. The SMILES string of the molecule is CC(C)C(N)CCN(C)C(=O)CCn1ccnc1.Cl.Cl. The quantitative estimate of drug-likeness (QED) is 0.833. The van der Waals surface area contributed by atoms with Gasteiger partial charge in [-0.15, -0.1) is 24.8 Å². The molecule has 1 rings (SSSR count). The average Bonchev–Trinajstić information content (AvgIpc) is 2.85. The van der Waals surface area contributed by atoms with Gasteiger partial charge >= 0.3 is 0 Å². The Morgan fingerprint density at radius 1 is 1.40 bits per heavy atom. The number of nitrogens with two attached hydrogens (primary N) is 1. The number of amides is 1. The lowest BCUT2D eigenvalue weighted by molar-refractivity contribution is -0.130. The van der Waals surface area contributed by atoms with Crippen molar-refractivity contribution in [2.24, 2.45) is 11.7 Å². The molecule has 0 aliphatic heterocycles. The van der Waals surface area contributed by atoms with Gasteiger partial charge in [-0.1, -0.05) is 13.8 Å². The lowest BCUT2D eigenvalue weighted by atomic mass is 10.0. The first-order valence-electron chi connectivity index (χ1n) is 6.46. The van der Waals surface area contributed by atoms with E-state index in [0.717, 1.165) is 13.0 Å². The normalized spacial score (nSPS) is 11.4. The summed E-state index contributed by atoms with van der Waals surface area (Å²) in [4.78, 5) is 17.6. The zero-order valence-electron chi connectivity index (χ0n) is 12.4. The van der Waals surface area contributed by atoms with E-state index in [1.165, 1.54) is 0 Å². The molecule has 1 amide bonds. The van der Waals surface area contributed by atoms with E-state index in [9.17, 15) is 4.79 Å². The van der Waals surface area contributed by atoms with Gasteiger partial charge in [0.05, 0.1) is 6.33 Å². The van der Waals surface area contributed by atoms with Gasteiger partial charge in [-0.2, -0.15) is 0 Å². The monoisotopic (exact) mass is 324 g/mol. The van der Waals surface area contributed by atoms with E-state index in [1.807, 2.05) is 17.8 Å². The highest BCUT2D eigenvalue weighted by molar-refractivity contribution is 5.85. The number of aromatic nitrogens is 2. The molecule has 5 nitrogen and oxygen atoms in total. The Kier molecular flexibility index (Phi) is 11.8. The van der Waals surface area contributed by atoms with Crippen LogP contribution in [0.15, 0.2) is 18.7 Å². The smallest absolute Gasteiger partial charge is 0.224 e. The second-order valence-electron chi connectivity index (χ2n) is 5.06. The Morgan fingerprint density at radius 2 is 2.05 bits per heavy atom. The van der Waals surface area contributed by atoms with Crippen molar-refractivity contribution in [3.8, 4) is 0 Å². The molecule has 2 N–H and O–H groups in total. The van der Waals surface area contributed by atoms with Crippen molar-refractivity contribution in [2.45, 2.75) is 39.3 Å². The van der Waals surface area contributed by atoms with Gasteiger partial charge in [0.25, 0.3) is 0 Å². The lowest BCUT2D eigenvalue weighted by Gasteiger charge is -2.21. The molecule has 0 spiro atoms. The highest BCUT2D eigenvalue weighted by Crippen LogP contribution is 2.04. The average molecular weight is 325 g/mol. The lowest BCUT2D eigenvalue weighted by Crippen LogP contribution is -2.34. The Bertz CT molecular complexity index is 357. The number of halogens is 2. The van der Waals surface area contributed by atoms with Gasteiger partial charge < -0.3 is 15.2 Å². The molecule has 7 heteroatoms. The Morgan fingerprint density at radius 3 is 2.55 bits per heavy atom. The van der Waals surface area contributed by atoms with Crippen LogP contribution in [0.1, 0.15) is 26.7 Å². The Balaban J connectivity index is 0. The molecule has 20 heavy (non-hydrogen) atoms. The summed E-state index contributed by atoms with van der Waals surface area (Å²) in [6, 6.07) is 0.161. The maximum absolute atomic E-state index is 11.9. The fourth-order valence-corrected chi connectivity index (χ4v) is 1.64. The van der Waals surface area contributed by atoms with Crippen LogP contribution >= 0.6 is 24.8 Å². The predicted molar refractivity (Wildman–Crippen MR) is 86.4 cm³/mol. The molecule has 0 saturated heterocycles. The largest absolute Gasteiger partial charge is 0.346 e. The zero-order chi connectivity index (χ0) is 13.5. The number of hydrogen-bond donors (Lipinski definition) is 1. The van der Waals surface area contributed by atoms with Crippen molar-refractivity contribution in [1.29, 1.82) is 0 Å². The first-order chi connectivity index (χ1) is 8.50. The molecule has 1 aromatic rings. The summed E-state index contributed by atoms with van der Waals surface area (Å²) in [5.41, 5.74) is 5.97. The molecule has 118 valence electrons. The number of aryl methyl sites for hydroxylation is 1. The molecule has 0 aliphatic carbocycles. The van der Waals surface area contributed by atoms with Gasteiger partial charge in [0.15, 0.2) is 0 Å². The highest BCUT2D eigenvalue weighted by Gasteiger charge is 2.12. The second-order valence-corrected chi connectivity index (χ2v) is 5.06. The minimum Gasteiger partial charge on any atom is -0.346 e. The summed E-state index contributed by atoms with van der Waals surface area (Å²) in [6.07, 6.45) is 6.66. The van der Waals surface area contributed by atoms with E-state index in [0.29, 0.717) is 18.9 Å². The third kappa shape index (κ3) is 7.72. The third-order valence-electron chi connectivity index (χ3n) is 3.22. The van der Waals surface area contributed by atoms with E-state index in [-0.39, 0.29) is 36.8 Å². The number of imidazole rings is 1. The molecule has 1 heterocycles. The highest BCUT2D eigenvalue weighted by atomic mass is 35.5. The van der Waals surface area contributed by atoms with Gasteiger partial charge in [-0.25, -0.2) is 4.98 Å². The van der Waals surface area contributed by atoms with Gasteiger partial charge in [0.2, 0.25) is 5.91 Å². The fraction of sp³-hybridized carbons (Fsp3) is 0.692. The number of rotatable bonds is 7.